The van der Waals surface area contributed by atoms with Crippen molar-refractivity contribution in [2.75, 3.05) is 13.1 Å². The zero-order valence-electron chi connectivity index (χ0n) is 21.4. The molecule has 190 valence electrons. The van der Waals surface area contributed by atoms with E-state index in [4.69, 9.17) is 4.98 Å². The van der Waals surface area contributed by atoms with Gasteiger partial charge < -0.3 is 0 Å². The van der Waals surface area contributed by atoms with Crippen LogP contribution in [0.2, 0.25) is 0 Å². The number of aromatic nitrogens is 2. The number of ketones is 1. The SMILES string of the molecule is O=C(CC1CCC(CCN2CCc3sc(Cc4ccccc4)nc3C2)CC1)c1cccc2ncccc12. The normalized spacial score (nSPS) is 20.1. The van der Waals surface area contributed by atoms with Crippen molar-refractivity contribution in [2.45, 2.75) is 57.9 Å². The Balaban J connectivity index is 0.962. The molecule has 5 heteroatoms. The molecule has 3 heterocycles. The lowest BCUT2D eigenvalue weighted by Gasteiger charge is -2.31. The van der Waals surface area contributed by atoms with Gasteiger partial charge in [-0.05, 0) is 61.8 Å². The van der Waals surface area contributed by atoms with E-state index in [0.29, 0.717) is 12.3 Å². The van der Waals surface area contributed by atoms with Gasteiger partial charge in [-0.2, -0.15) is 0 Å². The fourth-order valence-corrected chi connectivity index (χ4v) is 7.25. The first-order chi connectivity index (χ1) is 18.2. The highest BCUT2D eigenvalue weighted by atomic mass is 32.1. The van der Waals surface area contributed by atoms with Gasteiger partial charge in [0.05, 0.1) is 16.2 Å². The summed E-state index contributed by atoms with van der Waals surface area (Å²) in [5.41, 5.74) is 4.41. The number of carbonyl (C=O) groups is 1. The molecule has 6 rings (SSSR count). The second-order valence-corrected chi connectivity index (χ2v) is 12.0. The Morgan fingerprint density at radius 3 is 2.65 bits per heavy atom. The first-order valence-corrected chi connectivity index (χ1v) is 14.6. The zero-order valence-corrected chi connectivity index (χ0v) is 22.3. The molecule has 0 bridgehead atoms. The van der Waals surface area contributed by atoms with Gasteiger partial charge in [-0.25, -0.2) is 4.98 Å². The van der Waals surface area contributed by atoms with Gasteiger partial charge in [-0.1, -0.05) is 61.4 Å². The third-order valence-electron chi connectivity index (χ3n) is 8.29. The van der Waals surface area contributed by atoms with E-state index in [2.05, 4.69) is 40.2 Å². The minimum Gasteiger partial charge on any atom is -0.297 e. The summed E-state index contributed by atoms with van der Waals surface area (Å²) in [6.07, 6.45) is 10.7. The van der Waals surface area contributed by atoms with E-state index in [0.717, 1.165) is 48.3 Å². The minimum absolute atomic E-state index is 0.279. The van der Waals surface area contributed by atoms with Gasteiger partial charge in [-0.3, -0.25) is 14.7 Å². The number of hydrogen-bond acceptors (Lipinski definition) is 5. The summed E-state index contributed by atoms with van der Waals surface area (Å²) >= 11 is 1.91. The Kier molecular flexibility index (Phi) is 7.43. The number of carbonyl (C=O) groups excluding carboxylic acids is 1. The quantitative estimate of drug-likeness (QED) is 0.238. The van der Waals surface area contributed by atoms with Gasteiger partial charge in [-0.15, -0.1) is 11.3 Å². The average molecular weight is 510 g/mol. The largest absolute Gasteiger partial charge is 0.297 e. The van der Waals surface area contributed by atoms with E-state index in [9.17, 15) is 4.79 Å². The highest BCUT2D eigenvalue weighted by Crippen LogP contribution is 2.35. The van der Waals surface area contributed by atoms with Crippen LogP contribution in [0, 0.1) is 11.8 Å². The van der Waals surface area contributed by atoms with Crippen molar-refractivity contribution in [2.24, 2.45) is 11.8 Å². The van der Waals surface area contributed by atoms with Crippen molar-refractivity contribution >= 4 is 28.0 Å². The molecule has 0 amide bonds. The van der Waals surface area contributed by atoms with Crippen LogP contribution in [0.25, 0.3) is 10.9 Å². The summed E-state index contributed by atoms with van der Waals surface area (Å²) in [6, 6.07) is 20.5. The maximum absolute atomic E-state index is 13.1. The van der Waals surface area contributed by atoms with E-state index < -0.39 is 0 Å². The second kappa shape index (κ2) is 11.2. The van der Waals surface area contributed by atoms with E-state index in [-0.39, 0.29) is 5.78 Å². The van der Waals surface area contributed by atoms with Crippen molar-refractivity contribution in [3.63, 3.8) is 0 Å². The Morgan fingerprint density at radius 1 is 0.946 bits per heavy atom. The van der Waals surface area contributed by atoms with Crippen LogP contribution in [0.15, 0.2) is 66.9 Å². The van der Waals surface area contributed by atoms with E-state index >= 15 is 0 Å². The van der Waals surface area contributed by atoms with E-state index in [1.807, 2.05) is 41.7 Å². The minimum atomic E-state index is 0.279. The van der Waals surface area contributed by atoms with Crippen molar-refractivity contribution in [1.29, 1.82) is 0 Å². The fourth-order valence-electron chi connectivity index (χ4n) is 6.15. The molecule has 4 aromatic rings. The fraction of sp³-hybridized carbons (Fsp3) is 0.406. The van der Waals surface area contributed by atoms with Gasteiger partial charge in [0.1, 0.15) is 0 Å². The first-order valence-electron chi connectivity index (χ1n) is 13.8. The summed E-state index contributed by atoms with van der Waals surface area (Å²) in [7, 11) is 0. The van der Waals surface area contributed by atoms with Gasteiger partial charge in [0.2, 0.25) is 0 Å². The third kappa shape index (κ3) is 5.83. The summed E-state index contributed by atoms with van der Waals surface area (Å²) < 4.78 is 0. The van der Waals surface area contributed by atoms with Crippen LogP contribution in [0.1, 0.15) is 70.0 Å². The lowest BCUT2D eigenvalue weighted by molar-refractivity contribution is 0.0941. The molecule has 1 aliphatic heterocycles. The predicted octanol–water partition coefficient (Wildman–Crippen LogP) is 7.11. The molecule has 2 aromatic heterocycles. The Labute approximate surface area is 223 Å². The Hall–Kier alpha value is -2.89. The van der Waals surface area contributed by atoms with Crippen molar-refractivity contribution in [3.8, 4) is 0 Å². The van der Waals surface area contributed by atoms with Crippen LogP contribution in [-0.2, 0) is 19.4 Å². The maximum Gasteiger partial charge on any atom is 0.163 e. The van der Waals surface area contributed by atoms with E-state index in [1.165, 1.54) is 59.8 Å². The van der Waals surface area contributed by atoms with Crippen molar-refractivity contribution in [1.82, 2.24) is 14.9 Å². The number of thiazole rings is 1. The van der Waals surface area contributed by atoms with Crippen LogP contribution >= 0.6 is 11.3 Å². The van der Waals surface area contributed by atoms with Crippen LogP contribution in [0.4, 0.5) is 0 Å². The van der Waals surface area contributed by atoms with Crippen LogP contribution < -0.4 is 0 Å². The first kappa shape index (κ1) is 24.4. The zero-order chi connectivity index (χ0) is 25.0. The molecule has 1 aliphatic carbocycles. The smallest absolute Gasteiger partial charge is 0.163 e. The molecule has 37 heavy (non-hydrogen) atoms. The molecule has 0 atom stereocenters. The predicted molar refractivity (Wildman–Crippen MR) is 151 cm³/mol. The number of hydrogen-bond donors (Lipinski definition) is 0. The van der Waals surface area contributed by atoms with Crippen LogP contribution in [-0.4, -0.2) is 33.7 Å². The van der Waals surface area contributed by atoms with Crippen LogP contribution in [0.3, 0.4) is 0 Å². The maximum atomic E-state index is 13.1. The number of Topliss-reactive ketones (excluding diaryl/α,β-unsaturated/α-hetero) is 1. The summed E-state index contributed by atoms with van der Waals surface area (Å²) in [4.78, 5) is 26.6. The Bertz CT molecular complexity index is 1350. The summed E-state index contributed by atoms with van der Waals surface area (Å²) in [6.45, 7) is 3.33. The molecule has 2 aromatic carbocycles. The lowest BCUT2D eigenvalue weighted by Crippen LogP contribution is -2.32. The topological polar surface area (TPSA) is 46.1 Å². The molecule has 1 fully saturated rings. The lowest BCUT2D eigenvalue weighted by atomic mass is 9.78. The molecule has 0 N–H and O–H groups in total. The summed E-state index contributed by atoms with van der Waals surface area (Å²) in [5.74, 6) is 1.59. The molecule has 4 nitrogen and oxygen atoms in total. The summed E-state index contributed by atoms with van der Waals surface area (Å²) in [5, 5.41) is 2.24. The highest BCUT2D eigenvalue weighted by molar-refractivity contribution is 7.11. The van der Waals surface area contributed by atoms with Gasteiger partial charge in [0.15, 0.2) is 5.78 Å². The van der Waals surface area contributed by atoms with Crippen molar-refractivity contribution < 1.29 is 4.79 Å². The Morgan fingerprint density at radius 2 is 1.78 bits per heavy atom. The van der Waals surface area contributed by atoms with Crippen molar-refractivity contribution in [3.05, 3.63) is 93.6 Å². The molecule has 1 saturated carbocycles. The molecular weight excluding hydrogens is 474 g/mol. The number of nitrogens with zero attached hydrogens (tertiary/aromatic N) is 3. The molecule has 0 unspecified atom stereocenters. The number of benzene rings is 2. The van der Waals surface area contributed by atoms with Gasteiger partial charge >= 0.3 is 0 Å². The highest BCUT2D eigenvalue weighted by Gasteiger charge is 2.26. The number of rotatable bonds is 8. The van der Waals surface area contributed by atoms with Gasteiger partial charge in [0, 0.05) is 48.0 Å². The molecule has 0 spiro atoms. The molecular formula is C32H35N3OS. The van der Waals surface area contributed by atoms with Gasteiger partial charge in [0.25, 0.3) is 0 Å². The standard InChI is InChI=1S/C32H35N3OS/c36-30(27-8-4-10-28-26(27)9-5-17-33-28)20-25-13-11-23(12-14-25)15-18-35-19-16-31-29(22-35)34-32(37-31)21-24-6-2-1-3-7-24/h1-10,17,23,25H,11-16,18-22H2. The average Bonchev–Trinajstić information content (AvgIpc) is 3.34. The molecule has 2 aliphatic rings. The second-order valence-electron chi connectivity index (χ2n) is 10.8. The monoisotopic (exact) mass is 509 g/mol. The third-order valence-corrected chi connectivity index (χ3v) is 9.45. The molecule has 0 saturated heterocycles. The van der Waals surface area contributed by atoms with Crippen LogP contribution in [0.5, 0.6) is 0 Å². The molecule has 0 radical (unpaired) electrons. The number of fused-ring (bicyclic) bond motifs is 2. The number of pyridine rings is 1. The van der Waals surface area contributed by atoms with E-state index in [1.54, 1.807) is 6.20 Å².